The van der Waals surface area contributed by atoms with Crippen LogP contribution >= 0.6 is 0 Å². The molecule has 1 N–H and O–H groups in total. The third kappa shape index (κ3) is 19.2. The molecule has 0 saturated heterocycles. The summed E-state index contributed by atoms with van der Waals surface area (Å²) in [6.07, 6.45) is 0. The summed E-state index contributed by atoms with van der Waals surface area (Å²) in [5.74, 6) is 0. The topological polar surface area (TPSA) is 12.0 Å². The van der Waals surface area contributed by atoms with E-state index in [0.717, 1.165) is 0 Å². The molecule has 0 amide bonds. The Kier molecular flexibility index (Phi) is 12.2. The summed E-state index contributed by atoms with van der Waals surface area (Å²) >= 11 is 0. The molecular formula is C6H21KLiNSi2. The SMILES string of the molecule is C[Si](C)(C)N[Si](C)(C)C.[KH].[LiH]. The normalized spacial score (nSPS) is 11.5. The zero-order valence-corrected chi connectivity index (χ0v) is 9.50. The third-order valence-corrected chi connectivity index (χ3v) is 6.75. The van der Waals surface area contributed by atoms with Crippen molar-refractivity contribution in [2.45, 2.75) is 39.3 Å². The fraction of sp³-hybridized carbons (Fsp3) is 1.00. The Hall–Kier alpha value is 2.63. The van der Waals surface area contributed by atoms with E-state index in [2.05, 4.69) is 43.9 Å². The van der Waals surface area contributed by atoms with E-state index >= 15 is 0 Å². The minimum atomic E-state index is -0.981. The summed E-state index contributed by atoms with van der Waals surface area (Å²) in [6.45, 7) is 14.1. The molecule has 0 aliphatic carbocycles. The van der Waals surface area contributed by atoms with Crippen molar-refractivity contribution in [3.05, 3.63) is 0 Å². The molecule has 0 bridgehead atoms. The molecule has 0 aliphatic heterocycles. The third-order valence-electron chi connectivity index (χ3n) is 0.750. The van der Waals surface area contributed by atoms with Crippen molar-refractivity contribution in [1.29, 1.82) is 0 Å². The van der Waals surface area contributed by atoms with Gasteiger partial charge in [-0.25, -0.2) is 0 Å². The van der Waals surface area contributed by atoms with Crippen molar-refractivity contribution in [1.82, 2.24) is 4.65 Å². The zero-order chi connectivity index (χ0) is 7.71. The number of nitrogens with one attached hydrogen (secondary N) is 1. The monoisotopic (exact) mass is 209 g/mol. The van der Waals surface area contributed by atoms with Crippen LogP contribution in [0.1, 0.15) is 0 Å². The van der Waals surface area contributed by atoms with Gasteiger partial charge in [-0.2, -0.15) is 0 Å². The van der Waals surface area contributed by atoms with E-state index in [0.29, 0.717) is 0 Å². The molecule has 5 heteroatoms. The fourth-order valence-corrected chi connectivity index (χ4v) is 10.1. The minimum absolute atomic E-state index is 0. The maximum atomic E-state index is 3.74. The molecule has 0 spiro atoms. The van der Waals surface area contributed by atoms with Crippen LogP contribution in [-0.2, 0) is 0 Å². The summed E-state index contributed by atoms with van der Waals surface area (Å²) in [7, 11) is -1.96. The van der Waals surface area contributed by atoms with E-state index in [9.17, 15) is 0 Å². The Morgan fingerprint density at radius 1 is 0.727 bits per heavy atom. The molecule has 60 valence electrons. The fourth-order valence-electron chi connectivity index (χ4n) is 1.12. The van der Waals surface area contributed by atoms with Gasteiger partial charge in [-0.3, -0.25) is 0 Å². The van der Waals surface area contributed by atoms with Crippen molar-refractivity contribution in [2.75, 3.05) is 0 Å². The number of hydrogen-bond donors (Lipinski definition) is 1. The number of rotatable bonds is 2. The summed E-state index contributed by atoms with van der Waals surface area (Å²) in [4.78, 5) is 0. The van der Waals surface area contributed by atoms with Crippen molar-refractivity contribution in [3.8, 4) is 0 Å². The Morgan fingerprint density at radius 3 is 0.909 bits per heavy atom. The molecular weight excluding hydrogens is 188 g/mol. The molecule has 0 aromatic carbocycles. The maximum absolute atomic E-state index is 3.74. The molecule has 0 fully saturated rings. The first kappa shape index (κ1) is 19.2. The van der Waals surface area contributed by atoms with Crippen LogP contribution in [-0.4, -0.2) is 86.7 Å². The first-order chi connectivity index (χ1) is 3.71. The van der Waals surface area contributed by atoms with Gasteiger partial charge < -0.3 is 4.65 Å². The Labute approximate surface area is 128 Å². The van der Waals surface area contributed by atoms with E-state index < -0.39 is 16.5 Å². The van der Waals surface area contributed by atoms with Gasteiger partial charge >= 0.3 is 70.2 Å². The summed E-state index contributed by atoms with van der Waals surface area (Å²) in [6, 6.07) is 0. The molecule has 11 heavy (non-hydrogen) atoms. The molecule has 0 unspecified atom stereocenters. The van der Waals surface area contributed by atoms with Crippen LogP contribution in [0.2, 0.25) is 39.3 Å². The van der Waals surface area contributed by atoms with Gasteiger partial charge in [-0.15, -0.1) is 0 Å². The first-order valence-corrected chi connectivity index (χ1v) is 10.5. The summed E-state index contributed by atoms with van der Waals surface area (Å²) in [5.41, 5.74) is 0. The van der Waals surface area contributed by atoms with E-state index in [1.165, 1.54) is 0 Å². The molecule has 1 nitrogen and oxygen atoms in total. The van der Waals surface area contributed by atoms with Crippen molar-refractivity contribution in [2.24, 2.45) is 0 Å². The Bertz CT molecular complexity index is 85.7. The molecule has 0 aromatic rings. The van der Waals surface area contributed by atoms with Crippen molar-refractivity contribution >= 4 is 86.7 Å². The second-order valence-electron chi connectivity index (χ2n) is 4.62. The zero-order valence-electron chi connectivity index (χ0n) is 7.50. The molecule has 0 atom stereocenters. The van der Waals surface area contributed by atoms with Gasteiger partial charge in [0.25, 0.3) is 0 Å². The van der Waals surface area contributed by atoms with Crippen LogP contribution in [0.4, 0.5) is 0 Å². The molecule has 0 rings (SSSR count). The Morgan fingerprint density at radius 2 is 0.909 bits per heavy atom. The van der Waals surface area contributed by atoms with Crippen molar-refractivity contribution < 1.29 is 0 Å². The van der Waals surface area contributed by atoms with Gasteiger partial charge in [-0.05, 0) is 0 Å². The van der Waals surface area contributed by atoms with Crippen LogP contribution in [0, 0.1) is 0 Å². The van der Waals surface area contributed by atoms with Gasteiger partial charge in [0.15, 0.2) is 0 Å². The van der Waals surface area contributed by atoms with Crippen LogP contribution in [0.5, 0.6) is 0 Å². The predicted molar refractivity (Wildman–Crippen MR) is 64.1 cm³/mol. The van der Waals surface area contributed by atoms with E-state index in [1.807, 2.05) is 0 Å². The van der Waals surface area contributed by atoms with Crippen LogP contribution < -0.4 is 4.65 Å². The molecule has 0 heterocycles. The average molecular weight is 209 g/mol. The van der Waals surface area contributed by atoms with Crippen LogP contribution in [0.25, 0.3) is 0 Å². The molecule has 0 aliphatic rings. The quantitative estimate of drug-likeness (QED) is 0.668. The molecule has 0 aromatic heterocycles. The van der Waals surface area contributed by atoms with Crippen LogP contribution in [0.15, 0.2) is 0 Å². The van der Waals surface area contributed by atoms with Gasteiger partial charge in [-0.1, -0.05) is 39.3 Å². The molecule has 0 radical (unpaired) electrons. The summed E-state index contributed by atoms with van der Waals surface area (Å²) in [5, 5.41) is 0. The van der Waals surface area contributed by atoms with Gasteiger partial charge in [0, 0.05) is 0 Å². The second kappa shape index (κ2) is 6.99. The molecule has 0 saturated carbocycles. The van der Waals surface area contributed by atoms with Gasteiger partial charge in [0.2, 0.25) is 0 Å². The van der Waals surface area contributed by atoms with E-state index in [4.69, 9.17) is 0 Å². The van der Waals surface area contributed by atoms with Crippen molar-refractivity contribution in [3.63, 3.8) is 0 Å². The van der Waals surface area contributed by atoms with E-state index in [1.54, 1.807) is 0 Å². The van der Waals surface area contributed by atoms with Crippen LogP contribution in [0.3, 0.4) is 0 Å². The number of hydrogen-bond acceptors (Lipinski definition) is 1. The first-order valence-electron chi connectivity index (χ1n) is 3.50. The standard InChI is InChI=1S/C6H19NSi2.K.Li.2H/c1-8(2,3)7-9(4,5)6;;;;/h7H,1-6H3;;;;. The predicted octanol–water partition coefficient (Wildman–Crippen LogP) is 0.949. The second-order valence-corrected chi connectivity index (χ2v) is 14.6. The van der Waals surface area contributed by atoms with Gasteiger partial charge in [0.05, 0.1) is 0 Å². The summed E-state index contributed by atoms with van der Waals surface area (Å²) < 4.78 is 3.74. The van der Waals surface area contributed by atoms with Gasteiger partial charge in [0.1, 0.15) is 16.5 Å². The van der Waals surface area contributed by atoms with E-state index in [-0.39, 0.29) is 70.2 Å². The Balaban J connectivity index is -0.000000320. The average Bonchev–Trinajstić information content (AvgIpc) is 1.14.